The lowest BCUT2D eigenvalue weighted by Crippen LogP contribution is -2.51. The Balaban J connectivity index is 1.64. The lowest BCUT2D eigenvalue weighted by molar-refractivity contribution is 0.105. The summed E-state index contributed by atoms with van der Waals surface area (Å²) in [4.78, 5) is 2.36. The number of likely N-dealkylation sites (N-methyl/N-ethyl adjacent to an activating group) is 1. The van der Waals surface area contributed by atoms with Crippen molar-refractivity contribution in [3.8, 4) is 0 Å². The summed E-state index contributed by atoms with van der Waals surface area (Å²) in [6, 6.07) is 0. The van der Waals surface area contributed by atoms with Gasteiger partial charge in [0.15, 0.2) is 0 Å². The van der Waals surface area contributed by atoms with E-state index in [9.17, 15) is 0 Å². The van der Waals surface area contributed by atoms with Crippen LogP contribution in [0.3, 0.4) is 0 Å². The Labute approximate surface area is 97.0 Å². The summed E-state index contributed by atoms with van der Waals surface area (Å²) in [5.74, 6) is 0. The van der Waals surface area contributed by atoms with Gasteiger partial charge in [0, 0.05) is 46.0 Å². The number of nitrogens with zero attached hydrogens (tertiary/aromatic N) is 4. The molecule has 90 valence electrons. The van der Waals surface area contributed by atoms with Crippen molar-refractivity contribution in [1.82, 2.24) is 25.1 Å². The summed E-state index contributed by atoms with van der Waals surface area (Å²) in [6.45, 7) is 5.53. The maximum Gasteiger partial charge on any atom is 0.0522 e. The largest absolute Gasteiger partial charge is 0.304 e. The smallest absolute Gasteiger partial charge is 0.0522 e. The minimum Gasteiger partial charge on any atom is -0.304 e. The third-order valence-electron chi connectivity index (χ3n) is 3.01. The van der Waals surface area contributed by atoms with Crippen LogP contribution in [0.2, 0.25) is 0 Å². The molecule has 1 aliphatic rings. The van der Waals surface area contributed by atoms with Crippen molar-refractivity contribution in [3.05, 3.63) is 18.0 Å². The van der Waals surface area contributed by atoms with Gasteiger partial charge in [-0.05, 0) is 19.0 Å². The Morgan fingerprint density at radius 1 is 1.25 bits per heavy atom. The van der Waals surface area contributed by atoms with E-state index in [1.807, 2.05) is 17.9 Å². The predicted molar refractivity (Wildman–Crippen MR) is 64.0 cm³/mol. The molecule has 2 rings (SSSR count). The fraction of sp³-hybridized carbons (Fsp3) is 0.727. The Morgan fingerprint density at radius 3 is 2.62 bits per heavy atom. The van der Waals surface area contributed by atoms with Crippen LogP contribution in [-0.2, 0) is 13.5 Å². The molecule has 0 radical (unpaired) electrons. The van der Waals surface area contributed by atoms with Gasteiger partial charge in [-0.3, -0.25) is 10.1 Å². The summed E-state index contributed by atoms with van der Waals surface area (Å²) < 4.78 is 1.85. The van der Waals surface area contributed by atoms with Crippen LogP contribution in [0.15, 0.2) is 12.4 Å². The molecule has 0 spiro atoms. The molecule has 0 unspecified atom stereocenters. The molecule has 1 aromatic rings. The van der Waals surface area contributed by atoms with Gasteiger partial charge < -0.3 is 4.90 Å². The molecular formula is C11H21N5. The summed E-state index contributed by atoms with van der Waals surface area (Å²) in [7, 11) is 4.13. The molecule has 5 heteroatoms. The number of hydrogen-bond acceptors (Lipinski definition) is 4. The van der Waals surface area contributed by atoms with Gasteiger partial charge in [0.25, 0.3) is 0 Å². The minimum absolute atomic E-state index is 0.995. The number of nitrogens with one attached hydrogen (secondary N) is 1. The SMILES string of the molecule is CN1CCN(NCCc2cnn(C)c2)CC1. The second-order valence-corrected chi connectivity index (χ2v) is 4.47. The van der Waals surface area contributed by atoms with E-state index in [1.54, 1.807) is 0 Å². The first-order chi connectivity index (χ1) is 7.74. The molecule has 0 amide bonds. The molecule has 0 aliphatic carbocycles. The van der Waals surface area contributed by atoms with Crippen molar-refractivity contribution in [1.29, 1.82) is 0 Å². The van der Waals surface area contributed by atoms with E-state index in [0.29, 0.717) is 0 Å². The van der Waals surface area contributed by atoms with E-state index in [-0.39, 0.29) is 0 Å². The van der Waals surface area contributed by atoms with E-state index >= 15 is 0 Å². The number of aryl methyl sites for hydroxylation is 1. The van der Waals surface area contributed by atoms with Crippen LogP contribution in [0.5, 0.6) is 0 Å². The highest BCUT2D eigenvalue weighted by atomic mass is 15.5. The summed E-state index contributed by atoms with van der Waals surface area (Å²) in [5, 5.41) is 6.48. The van der Waals surface area contributed by atoms with Gasteiger partial charge in [0.05, 0.1) is 6.20 Å². The molecular weight excluding hydrogens is 202 g/mol. The second kappa shape index (κ2) is 5.43. The lowest BCUT2D eigenvalue weighted by Gasteiger charge is -2.32. The Kier molecular flexibility index (Phi) is 3.93. The van der Waals surface area contributed by atoms with Crippen molar-refractivity contribution in [2.75, 3.05) is 39.8 Å². The first kappa shape index (κ1) is 11.6. The van der Waals surface area contributed by atoms with E-state index in [0.717, 1.165) is 39.1 Å². The highest BCUT2D eigenvalue weighted by Gasteiger charge is 2.12. The molecule has 1 saturated heterocycles. The number of piperazine rings is 1. The zero-order valence-electron chi connectivity index (χ0n) is 10.2. The van der Waals surface area contributed by atoms with Crippen molar-refractivity contribution in [2.24, 2.45) is 7.05 Å². The Hall–Kier alpha value is -0.910. The average molecular weight is 223 g/mol. The molecule has 0 saturated carbocycles. The van der Waals surface area contributed by atoms with Crippen molar-refractivity contribution < 1.29 is 0 Å². The van der Waals surface area contributed by atoms with Crippen LogP contribution in [-0.4, -0.2) is 59.5 Å². The zero-order valence-corrected chi connectivity index (χ0v) is 10.2. The monoisotopic (exact) mass is 223 g/mol. The summed E-state index contributed by atoms with van der Waals surface area (Å²) in [5.41, 5.74) is 4.76. The van der Waals surface area contributed by atoms with Crippen LogP contribution < -0.4 is 5.43 Å². The fourth-order valence-corrected chi connectivity index (χ4v) is 1.92. The molecule has 1 fully saturated rings. The normalized spacial score (nSPS) is 19.1. The maximum atomic E-state index is 4.16. The van der Waals surface area contributed by atoms with E-state index in [4.69, 9.17) is 0 Å². The molecule has 2 heterocycles. The third kappa shape index (κ3) is 3.30. The van der Waals surface area contributed by atoms with Crippen molar-refractivity contribution in [2.45, 2.75) is 6.42 Å². The van der Waals surface area contributed by atoms with E-state index in [2.05, 4.69) is 33.7 Å². The van der Waals surface area contributed by atoms with Gasteiger partial charge in [0.1, 0.15) is 0 Å². The van der Waals surface area contributed by atoms with Crippen LogP contribution in [0.1, 0.15) is 5.56 Å². The molecule has 1 aliphatic heterocycles. The van der Waals surface area contributed by atoms with Crippen LogP contribution in [0.4, 0.5) is 0 Å². The summed E-state index contributed by atoms with van der Waals surface area (Å²) >= 11 is 0. The highest BCUT2D eigenvalue weighted by Crippen LogP contribution is 1.98. The molecule has 5 nitrogen and oxygen atoms in total. The van der Waals surface area contributed by atoms with Crippen LogP contribution >= 0.6 is 0 Å². The number of rotatable bonds is 4. The standard InChI is InChI=1S/C11H21N5/c1-14-5-7-16(8-6-14)12-4-3-11-9-13-15(2)10-11/h9-10,12H,3-8H2,1-2H3. The summed E-state index contributed by atoms with van der Waals surface area (Å²) in [6.07, 6.45) is 5.05. The first-order valence-electron chi connectivity index (χ1n) is 5.88. The first-order valence-corrected chi connectivity index (χ1v) is 5.88. The number of hydrazine groups is 1. The zero-order chi connectivity index (χ0) is 11.4. The van der Waals surface area contributed by atoms with Crippen LogP contribution in [0, 0.1) is 0 Å². The quantitative estimate of drug-likeness (QED) is 0.761. The van der Waals surface area contributed by atoms with Gasteiger partial charge in [-0.1, -0.05) is 0 Å². The second-order valence-electron chi connectivity index (χ2n) is 4.47. The molecule has 0 bridgehead atoms. The van der Waals surface area contributed by atoms with E-state index < -0.39 is 0 Å². The topological polar surface area (TPSA) is 36.3 Å². The van der Waals surface area contributed by atoms with E-state index in [1.165, 1.54) is 5.56 Å². The molecule has 0 aromatic carbocycles. The molecule has 1 aromatic heterocycles. The Morgan fingerprint density at radius 2 is 2.00 bits per heavy atom. The third-order valence-corrected chi connectivity index (χ3v) is 3.01. The van der Waals surface area contributed by atoms with Crippen LogP contribution in [0.25, 0.3) is 0 Å². The lowest BCUT2D eigenvalue weighted by atomic mass is 10.2. The minimum atomic E-state index is 0.995. The fourth-order valence-electron chi connectivity index (χ4n) is 1.92. The molecule has 1 N–H and O–H groups in total. The van der Waals surface area contributed by atoms with Gasteiger partial charge in [-0.15, -0.1) is 0 Å². The van der Waals surface area contributed by atoms with Gasteiger partial charge >= 0.3 is 0 Å². The van der Waals surface area contributed by atoms with Crippen molar-refractivity contribution >= 4 is 0 Å². The van der Waals surface area contributed by atoms with Gasteiger partial charge in [0.2, 0.25) is 0 Å². The maximum absolute atomic E-state index is 4.16. The highest BCUT2D eigenvalue weighted by molar-refractivity contribution is 5.03. The van der Waals surface area contributed by atoms with Gasteiger partial charge in [-0.25, -0.2) is 5.01 Å². The van der Waals surface area contributed by atoms with Gasteiger partial charge in [-0.2, -0.15) is 5.10 Å². The molecule has 16 heavy (non-hydrogen) atoms. The Bertz CT molecular complexity index is 314. The molecule has 0 atom stereocenters. The average Bonchev–Trinajstić information content (AvgIpc) is 2.67. The van der Waals surface area contributed by atoms with Crippen molar-refractivity contribution in [3.63, 3.8) is 0 Å². The predicted octanol–water partition coefficient (Wildman–Crippen LogP) is -0.285. The number of hydrogen-bond donors (Lipinski definition) is 1. The number of aromatic nitrogens is 2.